The van der Waals surface area contributed by atoms with Gasteiger partial charge in [0.1, 0.15) is 6.10 Å². The van der Waals surface area contributed by atoms with Crippen molar-refractivity contribution in [3.05, 3.63) is 5.82 Å². The number of hydrogen-bond acceptors (Lipinski definition) is 6. The molecule has 0 amide bonds. The number of hydrogen-bond donors (Lipinski definition) is 2. The van der Waals surface area contributed by atoms with Crippen LogP contribution in [0.4, 0.5) is 5.13 Å². The summed E-state index contributed by atoms with van der Waals surface area (Å²) in [4.78, 5) is 4.40. The van der Waals surface area contributed by atoms with Crippen LogP contribution in [-0.4, -0.2) is 35.6 Å². The van der Waals surface area contributed by atoms with Crippen LogP contribution in [0.5, 0.6) is 0 Å². The highest BCUT2D eigenvalue weighted by atomic mass is 32.1. The van der Waals surface area contributed by atoms with E-state index in [0.717, 1.165) is 23.9 Å². The molecule has 17 heavy (non-hydrogen) atoms. The molecule has 0 spiro atoms. The third-order valence-electron chi connectivity index (χ3n) is 3.09. The zero-order valence-electron chi connectivity index (χ0n) is 10.4. The van der Waals surface area contributed by atoms with Gasteiger partial charge in [-0.2, -0.15) is 4.37 Å². The Morgan fingerprint density at radius 2 is 2.53 bits per heavy atom. The smallest absolute Gasteiger partial charge is 0.202 e. The SMILES string of the molecule is COC(C)c1nsc(NCC[C@H]2CCCN2)n1. The van der Waals surface area contributed by atoms with Crippen LogP contribution in [0, 0.1) is 0 Å². The van der Waals surface area contributed by atoms with Crippen molar-refractivity contribution in [2.24, 2.45) is 0 Å². The Kier molecular flexibility index (Phi) is 4.70. The molecular formula is C11H20N4OS. The van der Waals surface area contributed by atoms with Crippen molar-refractivity contribution in [3.8, 4) is 0 Å². The Labute approximate surface area is 106 Å². The van der Waals surface area contributed by atoms with Gasteiger partial charge in [0.2, 0.25) is 5.13 Å². The first-order valence-electron chi connectivity index (χ1n) is 6.13. The van der Waals surface area contributed by atoms with E-state index in [2.05, 4.69) is 20.0 Å². The molecule has 5 nitrogen and oxygen atoms in total. The lowest BCUT2D eigenvalue weighted by atomic mass is 10.2. The van der Waals surface area contributed by atoms with Crippen LogP contribution in [-0.2, 0) is 4.74 Å². The molecule has 0 aliphatic carbocycles. The molecule has 1 aromatic heterocycles. The van der Waals surface area contributed by atoms with E-state index < -0.39 is 0 Å². The minimum atomic E-state index is -0.0294. The van der Waals surface area contributed by atoms with E-state index in [1.165, 1.54) is 30.9 Å². The normalized spacial score (nSPS) is 21.6. The highest BCUT2D eigenvalue weighted by molar-refractivity contribution is 7.09. The number of aromatic nitrogens is 2. The topological polar surface area (TPSA) is 59.1 Å². The molecule has 1 aliphatic heterocycles. The van der Waals surface area contributed by atoms with Gasteiger partial charge in [-0.05, 0) is 32.7 Å². The summed E-state index contributed by atoms with van der Waals surface area (Å²) >= 11 is 1.40. The molecular weight excluding hydrogens is 236 g/mol. The van der Waals surface area contributed by atoms with Gasteiger partial charge < -0.3 is 15.4 Å². The van der Waals surface area contributed by atoms with Gasteiger partial charge in [0, 0.05) is 31.2 Å². The van der Waals surface area contributed by atoms with Gasteiger partial charge in [-0.3, -0.25) is 0 Å². The van der Waals surface area contributed by atoms with Gasteiger partial charge in [-0.15, -0.1) is 0 Å². The van der Waals surface area contributed by atoms with E-state index in [1.54, 1.807) is 7.11 Å². The van der Waals surface area contributed by atoms with Crippen molar-refractivity contribution in [2.45, 2.75) is 38.3 Å². The molecule has 0 aromatic carbocycles. The van der Waals surface area contributed by atoms with E-state index in [9.17, 15) is 0 Å². The molecule has 0 radical (unpaired) electrons. The summed E-state index contributed by atoms with van der Waals surface area (Å²) in [6.45, 7) is 4.07. The summed E-state index contributed by atoms with van der Waals surface area (Å²) in [5.74, 6) is 0.763. The fourth-order valence-corrected chi connectivity index (χ4v) is 2.60. The summed E-state index contributed by atoms with van der Waals surface area (Å²) in [5.41, 5.74) is 0. The quantitative estimate of drug-likeness (QED) is 0.813. The van der Waals surface area contributed by atoms with Gasteiger partial charge in [0.05, 0.1) is 0 Å². The number of ether oxygens (including phenoxy) is 1. The van der Waals surface area contributed by atoms with Crippen LogP contribution >= 0.6 is 11.5 Å². The summed E-state index contributed by atoms with van der Waals surface area (Å²) in [6, 6.07) is 0.674. The van der Waals surface area contributed by atoms with Gasteiger partial charge >= 0.3 is 0 Å². The number of methoxy groups -OCH3 is 1. The van der Waals surface area contributed by atoms with E-state index >= 15 is 0 Å². The average Bonchev–Trinajstić information content (AvgIpc) is 2.99. The first-order valence-corrected chi connectivity index (χ1v) is 6.90. The predicted octanol–water partition coefficient (Wildman–Crippen LogP) is 1.80. The number of anilines is 1. The summed E-state index contributed by atoms with van der Waals surface area (Å²) < 4.78 is 9.44. The molecule has 1 unspecified atom stereocenters. The fourth-order valence-electron chi connectivity index (χ4n) is 1.93. The van der Waals surface area contributed by atoms with Crippen molar-refractivity contribution in [2.75, 3.05) is 25.5 Å². The third kappa shape index (κ3) is 3.62. The third-order valence-corrected chi connectivity index (χ3v) is 3.78. The Morgan fingerprint density at radius 1 is 1.65 bits per heavy atom. The second-order valence-corrected chi connectivity index (χ2v) is 5.10. The van der Waals surface area contributed by atoms with Gasteiger partial charge in [0.25, 0.3) is 0 Å². The van der Waals surface area contributed by atoms with Crippen LogP contribution in [0.2, 0.25) is 0 Å². The summed E-state index contributed by atoms with van der Waals surface area (Å²) in [5, 5.41) is 7.69. The van der Waals surface area contributed by atoms with Crippen molar-refractivity contribution < 1.29 is 4.74 Å². The maximum absolute atomic E-state index is 5.18. The molecule has 1 aliphatic rings. The zero-order chi connectivity index (χ0) is 12.1. The first kappa shape index (κ1) is 12.7. The molecule has 6 heteroatoms. The number of nitrogens with one attached hydrogen (secondary N) is 2. The lowest BCUT2D eigenvalue weighted by molar-refractivity contribution is 0.113. The molecule has 2 atom stereocenters. The zero-order valence-corrected chi connectivity index (χ0v) is 11.2. The van der Waals surface area contributed by atoms with Crippen LogP contribution in [0.1, 0.15) is 38.1 Å². The van der Waals surface area contributed by atoms with Crippen molar-refractivity contribution >= 4 is 16.7 Å². The highest BCUT2D eigenvalue weighted by Gasteiger charge is 2.14. The van der Waals surface area contributed by atoms with Crippen molar-refractivity contribution in [1.82, 2.24) is 14.7 Å². The monoisotopic (exact) mass is 256 g/mol. The van der Waals surface area contributed by atoms with Crippen molar-refractivity contribution in [1.29, 1.82) is 0 Å². The molecule has 0 bridgehead atoms. The molecule has 2 heterocycles. The summed E-state index contributed by atoms with van der Waals surface area (Å²) in [6.07, 6.45) is 3.72. The Morgan fingerprint density at radius 3 is 3.24 bits per heavy atom. The van der Waals surface area contributed by atoms with Gasteiger partial charge in [0.15, 0.2) is 5.82 Å². The average molecular weight is 256 g/mol. The van der Waals surface area contributed by atoms with Crippen molar-refractivity contribution in [3.63, 3.8) is 0 Å². The minimum absolute atomic E-state index is 0.0294. The van der Waals surface area contributed by atoms with Crippen LogP contribution in [0.15, 0.2) is 0 Å². The molecule has 96 valence electrons. The standard InChI is InChI=1S/C11H20N4OS/c1-8(16-2)10-14-11(17-15-10)13-7-5-9-4-3-6-12-9/h8-9,12H,3-7H2,1-2H3,(H,13,14,15)/t8?,9-/m1/s1. The molecule has 2 N–H and O–H groups in total. The van der Waals surface area contributed by atoms with E-state index in [4.69, 9.17) is 4.74 Å². The second kappa shape index (κ2) is 6.28. The number of nitrogens with zero attached hydrogens (tertiary/aromatic N) is 2. The predicted molar refractivity (Wildman–Crippen MR) is 69.5 cm³/mol. The maximum atomic E-state index is 5.18. The lowest BCUT2D eigenvalue weighted by Crippen LogP contribution is -2.24. The Bertz CT molecular complexity index is 338. The molecule has 1 saturated heterocycles. The maximum Gasteiger partial charge on any atom is 0.202 e. The second-order valence-electron chi connectivity index (χ2n) is 4.34. The molecule has 2 rings (SSSR count). The highest BCUT2D eigenvalue weighted by Crippen LogP contribution is 2.18. The Hall–Kier alpha value is -0.720. The fraction of sp³-hybridized carbons (Fsp3) is 0.818. The van der Waals surface area contributed by atoms with Gasteiger partial charge in [-0.25, -0.2) is 4.98 Å². The summed E-state index contributed by atoms with van der Waals surface area (Å²) in [7, 11) is 1.67. The first-order chi connectivity index (χ1) is 8.29. The minimum Gasteiger partial charge on any atom is -0.374 e. The van der Waals surface area contributed by atoms with Crippen LogP contribution < -0.4 is 10.6 Å². The molecule has 1 fully saturated rings. The lowest BCUT2D eigenvalue weighted by Gasteiger charge is -2.09. The van der Waals surface area contributed by atoms with E-state index in [-0.39, 0.29) is 6.10 Å². The Balaban J connectivity index is 1.73. The largest absolute Gasteiger partial charge is 0.374 e. The van der Waals surface area contributed by atoms with E-state index in [0.29, 0.717) is 6.04 Å². The molecule has 0 saturated carbocycles. The van der Waals surface area contributed by atoms with E-state index in [1.807, 2.05) is 6.92 Å². The molecule has 1 aromatic rings. The number of rotatable bonds is 6. The van der Waals surface area contributed by atoms with Crippen LogP contribution in [0.3, 0.4) is 0 Å². The van der Waals surface area contributed by atoms with Gasteiger partial charge in [-0.1, -0.05) is 0 Å². The van der Waals surface area contributed by atoms with Crippen LogP contribution in [0.25, 0.3) is 0 Å².